The quantitative estimate of drug-likeness (QED) is 0.512. The Morgan fingerprint density at radius 2 is 2.15 bits per heavy atom. The molecule has 13 heavy (non-hydrogen) atoms. The summed E-state index contributed by atoms with van der Waals surface area (Å²) >= 11 is 0. The van der Waals surface area contributed by atoms with Crippen LogP contribution in [0.25, 0.3) is 0 Å². The topological polar surface area (TPSA) is 107 Å². The average molecular weight is 219 g/mol. The molecule has 0 fully saturated rings. The lowest BCUT2D eigenvalue weighted by atomic mass is 10.1. The average Bonchev–Trinajstić information content (AvgIpc) is 1.97. The van der Waals surface area contributed by atoms with E-state index in [9.17, 15) is 9.18 Å². The van der Waals surface area contributed by atoms with Gasteiger partial charge in [-0.1, -0.05) is 0 Å². The van der Waals surface area contributed by atoms with Gasteiger partial charge in [0.2, 0.25) is 0 Å². The molecule has 0 aromatic carbocycles. The van der Waals surface area contributed by atoms with Crippen LogP contribution in [0.15, 0.2) is 0 Å². The first-order valence-electron chi connectivity index (χ1n) is 3.44. The summed E-state index contributed by atoms with van der Waals surface area (Å²) in [7, 11) is 0. The van der Waals surface area contributed by atoms with E-state index in [1.165, 1.54) is 0 Å². The summed E-state index contributed by atoms with van der Waals surface area (Å²) in [6.07, 6.45) is 0.958. The van der Waals surface area contributed by atoms with Gasteiger partial charge in [0.15, 0.2) is 0 Å². The highest BCUT2D eigenvalue weighted by molar-refractivity contribution is 5.85. The van der Waals surface area contributed by atoms with Crippen LogP contribution in [0.4, 0.5) is 4.39 Å². The monoisotopic (exact) mass is 218 g/mol. The van der Waals surface area contributed by atoms with Crippen LogP contribution in [-0.2, 0) is 4.79 Å². The maximum absolute atomic E-state index is 11.6. The SMILES string of the molecule is Cl.NCCC[C@H](NCF)C(=O)O.O. The highest BCUT2D eigenvalue weighted by Gasteiger charge is 2.14. The molecule has 0 amide bonds. The fourth-order valence-electron chi connectivity index (χ4n) is 0.728. The fourth-order valence-corrected chi connectivity index (χ4v) is 0.728. The van der Waals surface area contributed by atoms with Gasteiger partial charge >= 0.3 is 5.97 Å². The van der Waals surface area contributed by atoms with Crippen LogP contribution in [-0.4, -0.2) is 35.9 Å². The van der Waals surface area contributed by atoms with Crippen molar-refractivity contribution in [2.45, 2.75) is 18.9 Å². The summed E-state index contributed by atoms with van der Waals surface area (Å²) in [4.78, 5) is 10.3. The molecule has 0 radical (unpaired) electrons. The molecule has 0 saturated carbocycles. The molecule has 0 aromatic rings. The molecule has 1 atom stereocenters. The third-order valence-corrected chi connectivity index (χ3v) is 1.32. The molecular weight excluding hydrogens is 203 g/mol. The number of halogens is 2. The third-order valence-electron chi connectivity index (χ3n) is 1.32. The Kier molecular flexibility index (Phi) is 16.4. The summed E-state index contributed by atoms with van der Waals surface area (Å²) < 4.78 is 11.6. The van der Waals surface area contributed by atoms with Gasteiger partial charge in [-0.2, -0.15) is 0 Å². The number of nitrogens with one attached hydrogen (secondary N) is 1. The first-order valence-corrected chi connectivity index (χ1v) is 3.44. The first kappa shape index (κ1) is 18.4. The Hall–Kier alpha value is -0.430. The number of nitrogens with two attached hydrogens (primary N) is 1. The molecule has 0 unspecified atom stereocenters. The number of carboxylic acids is 1. The van der Waals surface area contributed by atoms with Crippen LogP contribution >= 0.6 is 12.4 Å². The standard InChI is InChI=1S/C6H13FN2O2.ClH.H2O/c7-4-9-5(6(10)11)2-1-3-8;;/h5,9H,1-4,8H2,(H,10,11);1H;1H2/t5-;;/m0../s1. The smallest absolute Gasteiger partial charge is 0.320 e. The second-order valence-electron chi connectivity index (χ2n) is 2.16. The summed E-state index contributed by atoms with van der Waals surface area (Å²) in [5.41, 5.74) is 5.16. The zero-order chi connectivity index (χ0) is 8.69. The summed E-state index contributed by atoms with van der Waals surface area (Å²) in [6, 6.07) is -0.802. The van der Waals surface area contributed by atoms with Gasteiger partial charge in [-0.3, -0.25) is 10.1 Å². The molecule has 7 heteroatoms. The van der Waals surface area contributed by atoms with E-state index in [-0.39, 0.29) is 17.9 Å². The zero-order valence-corrected chi connectivity index (χ0v) is 7.94. The molecule has 5 nitrogen and oxygen atoms in total. The summed E-state index contributed by atoms with van der Waals surface area (Å²) in [6.45, 7) is -0.390. The summed E-state index contributed by atoms with van der Waals surface area (Å²) in [5, 5.41) is 10.7. The molecule has 0 rings (SSSR count). The van der Waals surface area contributed by atoms with Crippen molar-refractivity contribution in [2.24, 2.45) is 5.73 Å². The zero-order valence-electron chi connectivity index (χ0n) is 7.12. The Morgan fingerprint density at radius 1 is 1.62 bits per heavy atom. The Morgan fingerprint density at radius 3 is 2.46 bits per heavy atom. The second kappa shape index (κ2) is 11.6. The fraction of sp³-hybridized carbons (Fsp3) is 0.833. The second-order valence-corrected chi connectivity index (χ2v) is 2.16. The van der Waals surface area contributed by atoms with Crippen LogP contribution in [0.3, 0.4) is 0 Å². The lowest BCUT2D eigenvalue weighted by Crippen LogP contribution is -2.36. The van der Waals surface area contributed by atoms with Gasteiger partial charge in [0, 0.05) is 0 Å². The minimum atomic E-state index is -1.03. The first-order chi connectivity index (χ1) is 5.22. The molecular formula is C6H16ClFN2O3. The Bertz CT molecular complexity index is 128. The van der Waals surface area contributed by atoms with Crippen molar-refractivity contribution in [3.8, 4) is 0 Å². The molecule has 82 valence electrons. The number of rotatable bonds is 6. The predicted octanol–water partition coefficient (Wildman–Crippen LogP) is -0.708. The predicted molar refractivity (Wildman–Crippen MR) is 49.7 cm³/mol. The number of carboxylic acid groups (broad SMARTS) is 1. The molecule has 0 spiro atoms. The lowest BCUT2D eigenvalue weighted by Gasteiger charge is -2.10. The van der Waals surface area contributed by atoms with Gasteiger partial charge in [-0.25, -0.2) is 4.39 Å². The van der Waals surface area contributed by atoms with Crippen molar-refractivity contribution in [2.75, 3.05) is 13.3 Å². The Labute approximate surface area is 82.2 Å². The van der Waals surface area contributed by atoms with Gasteiger partial charge in [-0.15, -0.1) is 12.4 Å². The van der Waals surface area contributed by atoms with Crippen molar-refractivity contribution in [3.05, 3.63) is 0 Å². The van der Waals surface area contributed by atoms with Crippen LogP contribution < -0.4 is 11.1 Å². The molecule has 6 N–H and O–H groups in total. The van der Waals surface area contributed by atoms with Crippen LogP contribution in [0.5, 0.6) is 0 Å². The van der Waals surface area contributed by atoms with Crippen LogP contribution in [0.1, 0.15) is 12.8 Å². The molecule has 0 aromatic heterocycles. The summed E-state index contributed by atoms with van der Waals surface area (Å²) in [5.74, 6) is -1.03. The van der Waals surface area contributed by atoms with Gasteiger partial charge in [-0.05, 0) is 19.4 Å². The number of alkyl halides is 1. The van der Waals surface area contributed by atoms with E-state index in [0.29, 0.717) is 19.4 Å². The van der Waals surface area contributed by atoms with Gasteiger partial charge in [0.1, 0.15) is 12.8 Å². The largest absolute Gasteiger partial charge is 0.480 e. The van der Waals surface area contributed by atoms with Gasteiger partial charge in [0.25, 0.3) is 0 Å². The number of carbonyl (C=O) groups is 1. The van der Waals surface area contributed by atoms with Crippen LogP contribution in [0.2, 0.25) is 0 Å². The minimum absolute atomic E-state index is 0. The van der Waals surface area contributed by atoms with Crippen molar-refractivity contribution < 1.29 is 19.8 Å². The normalized spacial score (nSPS) is 10.9. The number of hydrogen-bond acceptors (Lipinski definition) is 3. The molecule has 0 aliphatic rings. The van der Waals surface area contributed by atoms with E-state index in [2.05, 4.69) is 5.32 Å². The number of hydrogen-bond donors (Lipinski definition) is 3. The molecule has 0 bridgehead atoms. The van der Waals surface area contributed by atoms with Crippen LogP contribution in [0, 0.1) is 0 Å². The van der Waals surface area contributed by atoms with E-state index >= 15 is 0 Å². The highest BCUT2D eigenvalue weighted by atomic mass is 35.5. The molecule has 0 heterocycles. The molecule has 0 aliphatic carbocycles. The highest BCUT2D eigenvalue weighted by Crippen LogP contribution is 1.95. The molecule has 0 aliphatic heterocycles. The van der Waals surface area contributed by atoms with E-state index < -0.39 is 18.8 Å². The van der Waals surface area contributed by atoms with E-state index in [1.807, 2.05) is 0 Å². The van der Waals surface area contributed by atoms with E-state index in [4.69, 9.17) is 10.8 Å². The van der Waals surface area contributed by atoms with Crippen molar-refractivity contribution >= 4 is 18.4 Å². The Balaban J connectivity index is -0.000000500. The maximum atomic E-state index is 11.6. The minimum Gasteiger partial charge on any atom is -0.480 e. The maximum Gasteiger partial charge on any atom is 0.320 e. The third kappa shape index (κ3) is 9.48. The lowest BCUT2D eigenvalue weighted by molar-refractivity contribution is -0.139. The van der Waals surface area contributed by atoms with Gasteiger partial charge in [0.05, 0.1) is 0 Å². The van der Waals surface area contributed by atoms with Crippen molar-refractivity contribution in [3.63, 3.8) is 0 Å². The van der Waals surface area contributed by atoms with Crippen molar-refractivity contribution in [1.82, 2.24) is 5.32 Å². The molecule has 0 saturated heterocycles. The van der Waals surface area contributed by atoms with E-state index in [1.54, 1.807) is 0 Å². The number of aliphatic carboxylic acids is 1. The van der Waals surface area contributed by atoms with Gasteiger partial charge < -0.3 is 16.3 Å². The van der Waals surface area contributed by atoms with E-state index in [0.717, 1.165) is 0 Å². The van der Waals surface area contributed by atoms with Crippen molar-refractivity contribution in [1.29, 1.82) is 0 Å².